The normalized spacial score (nSPS) is 20.0. The third kappa shape index (κ3) is 3.68. The first kappa shape index (κ1) is 21.5. The maximum absolute atomic E-state index is 12.2. The Hall–Kier alpha value is -3.98. The van der Waals surface area contributed by atoms with E-state index in [1.807, 2.05) is 78.9 Å². The summed E-state index contributed by atoms with van der Waals surface area (Å²) >= 11 is 0. The van der Waals surface area contributed by atoms with Gasteiger partial charge in [-0.25, -0.2) is 4.79 Å². The minimum atomic E-state index is -0.947. The van der Waals surface area contributed by atoms with Gasteiger partial charge in [-0.15, -0.1) is 0 Å². The maximum atomic E-state index is 12.2. The molecule has 0 bridgehead atoms. The number of para-hydroxylation sites is 2. The van der Waals surface area contributed by atoms with Gasteiger partial charge >= 0.3 is 5.69 Å². The molecular weight excluding hydrogens is 446 g/mol. The lowest BCUT2D eigenvalue weighted by Gasteiger charge is -2.40. The Morgan fingerprint density at radius 2 is 1.60 bits per heavy atom. The Labute approximate surface area is 201 Å². The molecule has 2 aliphatic heterocycles. The quantitative estimate of drug-likeness (QED) is 0.475. The summed E-state index contributed by atoms with van der Waals surface area (Å²) in [6.07, 6.45) is 0.247. The van der Waals surface area contributed by atoms with Crippen molar-refractivity contribution < 1.29 is 18.9 Å². The van der Waals surface area contributed by atoms with Crippen LogP contribution in [0.3, 0.4) is 0 Å². The number of rotatable bonds is 5. The highest BCUT2D eigenvalue weighted by atomic mass is 16.7. The number of fused-ring (bicyclic) bond motifs is 2. The van der Waals surface area contributed by atoms with Crippen LogP contribution in [-0.2, 0) is 19.8 Å². The molecule has 8 nitrogen and oxygen atoms in total. The second-order valence-electron chi connectivity index (χ2n) is 8.35. The molecule has 0 saturated carbocycles. The molecule has 2 N–H and O–H groups in total. The molecule has 3 aromatic carbocycles. The molecule has 8 heteroatoms. The standard InChI is InChI=1S/C27H23N3O5/c28-23-14-15-30(26(31)29-23)24-16-32-25(35-24)17-33-27(18-8-2-1-3-9-18)19-10-4-6-12-21(19)34-22-13-7-5-11-20(22)27/h1-15,24-25H,16-17H2,(H2,28,29,31)/t24-,25-/m0/s1. The zero-order valence-corrected chi connectivity index (χ0v) is 18.7. The number of nitrogens with two attached hydrogens (primary N) is 1. The summed E-state index contributed by atoms with van der Waals surface area (Å²) in [7, 11) is 0. The summed E-state index contributed by atoms with van der Waals surface area (Å²) in [5.41, 5.74) is 6.90. The minimum absolute atomic E-state index is 0.116. The van der Waals surface area contributed by atoms with Gasteiger partial charge in [0.2, 0.25) is 0 Å². The van der Waals surface area contributed by atoms with Gasteiger partial charge in [-0.05, 0) is 23.8 Å². The lowest BCUT2D eigenvalue weighted by Crippen LogP contribution is -2.38. The van der Waals surface area contributed by atoms with Crippen LogP contribution in [0.2, 0.25) is 0 Å². The SMILES string of the molecule is Nc1ccn([C@@H]2CO[C@H](COC3(c4ccccc4)c4ccccc4Oc4ccccc43)O2)c(=O)n1. The smallest absolute Gasteiger partial charge is 0.351 e. The zero-order chi connectivity index (χ0) is 23.8. The van der Waals surface area contributed by atoms with Crippen LogP contribution in [0.5, 0.6) is 11.5 Å². The van der Waals surface area contributed by atoms with Crippen LogP contribution in [0.15, 0.2) is 95.9 Å². The van der Waals surface area contributed by atoms with E-state index >= 15 is 0 Å². The zero-order valence-electron chi connectivity index (χ0n) is 18.7. The van der Waals surface area contributed by atoms with Crippen LogP contribution in [-0.4, -0.2) is 29.1 Å². The van der Waals surface area contributed by atoms with Crippen molar-refractivity contribution in [1.82, 2.24) is 9.55 Å². The highest BCUT2D eigenvalue weighted by Crippen LogP contribution is 2.52. The van der Waals surface area contributed by atoms with Crippen molar-refractivity contribution in [2.45, 2.75) is 18.1 Å². The highest BCUT2D eigenvalue weighted by Gasteiger charge is 2.46. The predicted molar refractivity (Wildman–Crippen MR) is 128 cm³/mol. The summed E-state index contributed by atoms with van der Waals surface area (Å²) in [6, 6.07) is 27.3. The molecular formula is C27H23N3O5. The molecule has 0 amide bonds. The third-order valence-electron chi connectivity index (χ3n) is 6.26. The Kier molecular flexibility index (Phi) is 5.33. The van der Waals surface area contributed by atoms with Gasteiger partial charge in [-0.1, -0.05) is 66.7 Å². The van der Waals surface area contributed by atoms with Crippen molar-refractivity contribution in [3.8, 4) is 11.5 Å². The van der Waals surface area contributed by atoms with Crippen LogP contribution < -0.4 is 16.2 Å². The van der Waals surface area contributed by atoms with Gasteiger partial charge in [0, 0.05) is 17.3 Å². The van der Waals surface area contributed by atoms with Crippen molar-refractivity contribution >= 4 is 5.82 Å². The van der Waals surface area contributed by atoms with E-state index in [1.165, 1.54) is 4.57 Å². The Morgan fingerprint density at radius 3 is 2.29 bits per heavy atom. The summed E-state index contributed by atoms with van der Waals surface area (Å²) < 4.78 is 26.2. The number of hydrogen-bond donors (Lipinski definition) is 1. The molecule has 2 aliphatic rings. The number of nitrogen functional groups attached to an aromatic ring is 1. The average molecular weight is 469 g/mol. The van der Waals surface area contributed by atoms with Crippen molar-refractivity contribution in [2.24, 2.45) is 0 Å². The van der Waals surface area contributed by atoms with Gasteiger partial charge in [-0.3, -0.25) is 4.57 Å². The molecule has 3 heterocycles. The number of aromatic nitrogens is 2. The van der Waals surface area contributed by atoms with E-state index < -0.39 is 23.8 Å². The van der Waals surface area contributed by atoms with Gasteiger partial charge < -0.3 is 24.7 Å². The van der Waals surface area contributed by atoms with Crippen molar-refractivity contribution in [1.29, 1.82) is 0 Å². The summed E-state index contributed by atoms with van der Waals surface area (Å²) in [6.45, 7) is 0.305. The number of benzene rings is 3. The molecule has 1 saturated heterocycles. The number of ether oxygens (including phenoxy) is 4. The number of nitrogens with zero attached hydrogens (tertiary/aromatic N) is 2. The van der Waals surface area contributed by atoms with Gasteiger partial charge in [0.05, 0.1) is 13.2 Å². The van der Waals surface area contributed by atoms with Crippen LogP contribution in [0.1, 0.15) is 22.9 Å². The molecule has 1 fully saturated rings. The van der Waals surface area contributed by atoms with Crippen LogP contribution >= 0.6 is 0 Å². The maximum Gasteiger partial charge on any atom is 0.351 e. The monoisotopic (exact) mass is 469 g/mol. The molecule has 0 aliphatic carbocycles. The van der Waals surface area contributed by atoms with Crippen molar-refractivity contribution in [2.75, 3.05) is 18.9 Å². The van der Waals surface area contributed by atoms with Crippen molar-refractivity contribution in [3.05, 3.63) is 118 Å². The fraction of sp³-hybridized carbons (Fsp3) is 0.185. The van der Waals surface area contributed by atoms with Gasteiger partial charge in [0.25, 0.3) is 0 Å². The first-order valence-corrected chi connectivity index (χ1v) is 11.3. The molecule has 0 unspecified atom stereocenters. The largest absolute Gasteiger partial charge is 0.457 e. The summed E-state index contributed by atoms with van der Waals surface area (Å²) in [5.74, 6) is 1.60. The average Bonchev–Trinajstić information content (AvgIpc) is 3.36. The lowest BCUT2D eigenvalue weighted by molar-refractivity contribution is -0.140. The number of hydrogen-bond acceptors (Lipinski definition) is 7. The summed E-state index contributed by atoms with van der Waals surface area (Å²) in [4.78, 5) is 16.0. The predicted octanol–water partition coefficient (Wildman–Crippen LogP) is 3.81. The van der Waals surface area contributed by atoms with Crippen LogP contribution in [0.4, 0.5) is 5.82 Å². The summed E-state index contributed by atoms with van der Waals surface area (Å²) in [5, 5.41) is 0. The van der Waals surface area contributed by atoms with E-state index in [0.717, 1.165) is 28.2 Å². The third-order valence-corrected chi connectivity index (χ3v) is 6.26. The Balaban J connectivity index is 1.36. The minimum Gasteiger partial charge on any atom is -0.457 e. The van der Waals surface area contributed by atoms with E-state index in [4.69, 9.17) is 24.7 Å². The molecule has 2 atom stereocenters. The second kappa shape index (κ2) is 8.66. The van der Waals surface area contributed by atoms with Crippen molar-refractivity contribution in [3.63, 3.8) is 0 Å². The molecule has 6 rings (SSSR count). The van der Waals surface area contributed by atoms with E-state index in [0.29, 0.717) is 0 Å². The van der Waals surface area contributed by atoms with Crippen LogP contribution in [0.25, 0.3) is 0 Å². The molecule has 4 aromatic rings. The number of anilines is 1. The van der Waals surface area contributed by atoms with Crippen LogP contribution in [0, 0.1) is 0 Å². The molecule has 35 heavy (non-hydrogen) atoms. The van der Waals surface area contributed by atoms with E-state index in [-0.39, 0.29) is 19.0 Å². The Morgan fingerprint density at radius 1 is 0.943 bits per heavy atom. The molecule has 0 spiro atoms. The highest BCUT2D eigenvalue weighted by molar-refractivity contribution is 5.61. The molecule has 0 radical (unpaired) electrons. The van der Waals surface area contributed by atoms with E-state index in [2.05, 4.69) is 4.98 Å². The van der Waals surface area contributed by atoms with Gasteiger partial charge in [0.15, 0.2) is 18.1 Å². The fourth-order valence-electron chi connectivity index (χ4n) is 4.69. The second-order valence-corrected chi connectivity index (χ2v) is 8.35. The van der Waals surface area contributed by atoms with E-state index in [9.17, 15) is 4.79 Å². The van der Waals surface area contributed by atoms with Gasteiger partial charge in [0.1, 0.15) is 17.3 Å². The molecule has 1 aromatic heterocycles. The van der Waals surface area contributed by atoms with E-state index in [1.54, 1.807) is 12.3 Å². The van der Waals surface area contributed by atoms with Gasteiger partial charge in [-0.2, -0.15) is 4.98 Å². The topological polar surface area (TPSA) is 97.8 Å². The fourth-order valence-corrected chi connectivity index (χ4v) is 4.69. The first-order valence-electron chi connectivity index (χ1n) is 11.3. The first-order chi connectivity index (χ1) is 17.1. The lowest BCUT2D eigenvalue weighted by atomic mass is 9.78. The molecule has 176 valence electrons. The Bertz CT molecular complexity index is 1380.